The number of fused-ring (bicyclic) bond motifs is 1. The smallest absolute Gasteiger partial charge is 0.271 e. The van der Waals surface area contributed by atoms with Crippen molar-refractivity contribution >= 4 is 29.1 Å². The molecule has 0 spiro atoms. The van der Waals surface area contributed by atoms with Gasteiger partial charge in [0.25, 0.3) is 5.91 Å². The largest absolute Gasteiger partial charge is 0.476 e. The number of carbonyl (C=O) groups is 2. The van der Waals surface area contributed by atoms with Crippen LogP contribution in [-0.4, -0.2) is 30.0 Å². The van der Waals surface area contributed by atoms with Crippen LogP contribution in [0.25, 0.3) is 0 Å². The Hall–Kier alpha value is -1.75. The van der Waals surface area contributed by atoms with Crippen LogP contribution in [0.4, 0.5) is 5.69 Å². The molecule has 2 amide bonds. The number of rotatable bonds is 4. The van der Waals surface area contributed by atoms with Gasteiger partial charge in [-0.2, -0.15) is 0 Å². The van der Waals surface area contributed by atoms with Crippen LogP contribution in [0, 0.1) is 0 Å². The van der Waals surface area contributed by atoms with E-state index in [0.29, 0.717) is 16.5 Å². The summed E-state index contributed by atoms with van der Waals surface area (Å²) in [4.78, 5) is 26.2. The summed E-state index contributed by atoms with van der Waals surface area (Å²) in [6.07, 6.45) is 0.830. The van der Waals surface area contributed by atoms with E-state index < -0.39 is 5.60 Å². The summed E-state index contributed by atoms with van der Waals surface area (Å²) in [5.74, 6) is 0.0817. The second kappa shape index (κ2) is 6.16. The van der Waals surface area contributed by atoms with Crippen molar-refractivity contribution in [3.63, 3.8) is 0 Å². The van der Waals surface area contributed by atoms with Crippen molar-refractivity contribution in [3.8, 4) is 5.75 Å². The summed E-state index contributed by atoms with van der Waals surface area (Å²) >= 11 is 6.01. The lowest BCUT2D eigenvalue weighted by Gasteiger charge is -2.38. The Kier molecular flexibility index (Phi) is 4.66. The molecule has 0 bridgehead atoms. The highest BCUT2D eigenvalue weighted by Gasteiger charge is 2.41. The number of benzene rings is 1. The van der Waals surface area contributed by atoms with Gasteiger partial charge >= 0.3 is 0 Å². The predicted molar refractivity (Wildman–Crippen MR) is 86.4 cm³/mol. The molecule has 0 aromatic heterocycles. The highest BCUT2D eigenvalue weighted by atomic mass is 35.5. The van der Waals surface area contributed by atoms with Crippen LogP contribution in [-0.2, 0) is 9.59 Å². The van der Waals surface area contributed by atoms with Gasteiger partial charge in [0.15, 0.2) is 5.60 Å². The number of carbonyl (C=O) groups excluding carboxylic acids is 2. The first-order valence-electron chi connectivity index (χ1n) is 7.34. The van der Waals surface area contributed by atoms with E-state index >= 15 is 0 Å². The van der Waals surface area contributed by atoms with E-state index in [1.54, 1.807) is 32.0 Å². The molecule has 1 N–H and O–H groups in total. The standard InChI is InChI=1S/C16H21ClN2O3/c1-5-10(2)18-14(20)9-19-12-8-11(17)6-7-13(12)22-16(3,4)15(19)21/h6-8,10H,5,9H2,1-4H3,(H,18,20). The fourth-order valence-corrected chi connectivity index (χ4v) is 2.43. The molecule has 1 heterocycles. The average molecular weight is 325 g/mol. The van der Waals surface area contributed by atoms with E-state index in [4.69, 9.17) is 16.3 Å². The SMILES string of the molecule is CCC(C)NC(=O)CN1C(=O)C(C)(C)Oc2ccc(Cl)cc21. The summed E-state index contributed by atoms with van der Waals surface area (Å²) in [7, 11) is 0. The van der Waals surface area contributed by atoms with E-state index in [1.807, 2.05) is 13.8 Å². The zero-order chi connectivity index (χ0) is 16.5. The Morgan fingerprint density at radius 3 is 2.77 bits per heavy atom. The van der Waals surface area contributed by atoms with E-state index in [2.05, 4.69) is 5.32 Å². The molecule has 1 atom stereocenters. The van der Waals surface area contributed by atoms with Gasteiger partial charge in [0.05, 0.1) is 5.69 Å². The number of nitrogens with zero attached hydrogens (tertiary/aromatic N) is 1. The molecule has 1 unspecified atom stereocenters. The molecule has 1 aliphatic heterocycles. The van der Waals surface area contributed by atoms with Crippen LogP contribution < -0.4 is 15.0 Å². The van der Waals surface area contributed by atoms with Crippen LogP contribution in [0.3, 0.4) is 0 Å². The van der Waals surface area contributed by atoms with Crippen molar-refractivity contribution in [3.05, 3.63) is 23.2 Å². The summed E-state index contributed by atoms with van der Waals surface area (Å²) in [5, 5.41) is 3.35. The Morgan fingerprint density at radius 2 is 2.14 bits per heavy atom. The lowest BCUT2D eigenvalue weighted by molar-refractivity contribution is -0.134. The van der Waals surface area contributed by atoms with Gasteiger partial charge in [-0.05, 0) is 45.4 Å². The average Bonchev–Trinajstić information content (AvgIpc) is 2.44. The number of halogens is 1. The number of ether oxygens (including phenoxy) is 1. The Balaban J connectivity index is 2.30. The van der Waals surface area contributed by atoms with Gasteiger partial charge in [-0.1, -0.05) is 18.5 Å². The second-order valence-electron chi connectivity index (χ2n) is 5.99. The fourth-order valence-electron chi connectivity index (χ4n) is 2.26. The Labute approximate surface area is 135 Å². The predicted octanol–water partition coefficient (Wildman–Crippen LogP) is 2.76. The van der Waals surface area contributed by atoms with Crippen LogP contribution in [0.5, 0.6) is 5.75 Å². The summed E-state index contributed by atoms with van der Waals surface area (Å²) in [5.41, 5.74) is -0.492. The quantitative estimate of drug-likeness (QED) is 0.926. The summed E-state index contributed by atoms with van der Waals surface area (Å²) < 4.78 is 5.72. The molecule has 120 valence electrons. The Morgan fingerprint density at radius 1 is 1.45 bits per heavy atom. The van der Waals surface area contributed by atoms with Crippen LogP contribution in [0.2, 0.25) is 5.02 Å². The van der Waals surface area contributed by atoms with Crippen molar-refractivity contribution in [2.24, 2.45) is 0 Å². The molecular weight excluding hydrogens is 304 g/mol. The molecule has 0 saturated heterocycles. The molecule has 2 rings (SSSR count). The highest BCUT2D eigenvalue weighted by Crippen LogP contribution is 2.39. The minimum atomic E-state index is -1.02. The lowest BCUT2D eigenvalue weighted by Crippen LogP contribution is -2.55. The minimum absolute atomic E-state index is 0.0523. The molecule has 22 heavy (non-hydrogen) atoms. The van der Waals surface area contributed by atoms with Gasteiger partial charge in [-0.25, -0.2) is 0 Å². The zero-order valence-corrected chi connectivity index (χ0v) is 14.0. The van der Waals surface area contributed by atoms with Gasteiger partial charge in [0.2, 0.25) is 5.91 Å². The van der Waals surface area contributed by atoms with E-state index in [1.165, 1.54) is 4.90 Å². The normalized spacial score (nSPS) is 17.5. The molecule has 6 heteroatoms. The minimum Gasteiger partial charge on any atom is -0.476 e. The number of amides is 2. The summed E-state index contributed by atoms with van der Waals surface area (Å²) in [6.45, 7) is 7.24. The first-order valence-corrected chi connectivity index (χ1v) is 7.72. The number of anilines is 1. The molecule has 1 aromatic carbocycles. The third-order valence-corrected chi connectivity index (χ3v) is 3.89. The fraction of sp³-hybridized carbons (Fsp3) is 0.500. The topological polar surface area (TPSA) is 58.6 Å². The van der Waals surface area contributed by atoms with Gasteiger partial charge in [-0.15, -0.1) is 0 Å². The molecule has 0 fully saturated rings. The van der Waals surface area contributed by atoms with Crippen LogP contribution in [0.1, 0.15) is 34.1 Å². The lowest BCUT2D eigenvalue weighted by atomic mass is 10.0. The monoisotopic (exact) mass is 324 g/mol. The third-order valence-electron chi connectivity index (χ3n) is 3.66. The van der Waals surface area contributed by atoms with Gasteiger partial charge in [0.1, 0.15) is 12.3 Å². The summed E-state index contributed by atoms with van der Waals surface area (Å²) in [6, 6.07) is 5.12. The van der Waals surface area contributed by atoms with Crippen LogP contribution >= 0.6 is 11.6 Å². The molecule has 1 aliphatic rings. The third kappa shape index (κ3) is 3.35. The van der Waals surface area contributed by atoms with Gasteiger partial charge in [-0.3, -0.25) is 14.5 Å². The van der Waals surface area contributed by atoms with Crippen molar-refractivity contribution in [2.45, 2.75) is 45.8 Å². The van der Waals surface area contributed by atoms with E-state index in [-0.39, 0.29) is 24.4 Å². The number of hydrogen-bond donors (Lipinski definition) is 1. The molecule has 0 radical (unpaired) electrons. The van der Waals surface area contributed by atoms with Gasteiger partial charge in [0, 0.05) is 11.1 Å². The van der Waals surface area contributed by atoms with Crippen molar-refractivity contribution in [2.75, 3.05) is 11.4 Å². The molecule has 1 aromatic rings. The Bertz CT molecular complexity index is 601. The van der Waals surface area contributed by atoms with Crippen molar-refractivity contribution in [1.82, 2.24) is 5.32 Å². The van der Waals surface area contributed by atoms with Gasteiger partial charge < -0.3 is 10.1 Å². The van der Waals surface area contributed by atoms with Crippen molar-refractivity contribution < 1.29 is 14.3 Å². The maximum atomic E-state index is 12.6. The highest BCUT2D eigenvalue weighted by molar-refractivity contribution is 6.31. The maximum absolute atomic E-state index is 12.6. The molecule has 0 aliphatic carbocycles. The maximum Gasteiger partial charge on any atom is 0.271 e. The first kappa shape index (κ1) is 16.6. The van der Waals surface area contributed by atoms with Crippen LogP contribution in [0.15, 0.2) is 18.2 Å². The number of hydrogen-bond acceptors (Lipinski definition) is 3. The molecule has 0 saturated carbocycles. The zero-order valence-electron chi connectivity index (χ0n) is 13.3. The van der Waals surface area contributed by atoms with Crippen molar-refractivity contribution in [1.29, 1.82) is 0 Å². The number of nitrogens with one attached hydrogen (secondary N) is 1. The molecular formula is C16H21ClN2O3. The van der Waals surface area contributed by atoms with E-state index in [9.17, 15) is 9.59 Å². The van der Waals surface area contributed by atoms with E-state index in [0.717, 1.165) is 6.42 Å². The second-order valence-corrected chi connectivity index (χ2v) is 6.43. The molecule has 5 nitrogen and oxygen atoms in total. The first-order chi connectivity index (χ1) is 10.2.